The molecule has 0 aliphatic carbocycles. The third-order valence-electron chi connectivity index (χ3n) is 3.13. The second-order valence-corrected chi connectivity index (χ2v) is 7.37. The summed E-state index contributed by atoms with van der Waals surface area (Å²) in [6.45, 7) is 4.79. The number of carbonyl (C=O) groups is 1. The molecule has 128 valence electrons. The molecule has 1 atom stereocenters. The molecule has 6 heteroatoms. The lowest BCUT2D eigenvalue weighted by Crippen LogP contribution is -2.49. The zero-order valence-corrected chi connectivity index (χ0v) is 15.3. The maximum Gasteiger partial charge on any atom is 0.265 e. The average molecular weight is 366 g/mol. The number of aliphatic hydroxyl groups excluding tert-OH is 1. The van der Waals surface area contributed by atoms with Crippen molar-refractivity contribution in [2.75, 3.05) is 0 Å². The molecule has 2 rings (SSSR count). The van der Waals surface area contributed by atoms with Gasteiger partial charge in [-0.2, -0.15) is 0 Å². The summed E-state index contributed by atoms with van der Waals surface area (Å²) in [6.07, 6.45) is -0.918. The van der Waals surface area contributed by atoms with Gasteiger partial charge in [-0.3, -0.25) is 4.79 Å². The van der Waals surface area contributed by atoms with Crippen molar-refractivity contribution in [3.05, 3.63) is 53.6 Å². The van der Waals surface area contributed by atoms with Crippen molar-refractivity contribution in [3.8, 4) is 5.75 Å². The summed E-state index contributed by atoms with van der Waals surface area (Å²) in [6, 6.07) is 15.1. The van der Waals surface area contributed by atoms with Gasteiger partial charge in [-0.05, 0) is 69.3 Å². The fraction of sp³-hybridized carbons (Fsp3) is 0.278. The van der Waals surface area contributed by atoms with Crippen LogP contribution in [0.25, 0.3) is 0 Å². The lowest BCUT2D eigenvalue weighted by atomic mass is 10.1. The van der Waals surface area contributed by atoms with E-state index in [0.717, 1.165) is 9.79 Å². The molecule has 0 heterocycles. The molecule has 2 aromatic carbocycles. The van der Waals surface area contributed by atoms with Crippen molar-refractivity contribution in [2.45, 2.75) is 42.4 Å². The summed E-state index contributed by atoms with van der Waals surface area (Å²) in [5.74, 6) is 0.207. The first-order valence-electron chi connectivity index (χ1n) is 7.48. The first-order valence-corrected chi connectivity index (χ1v) is 8.67. The highest BCUT2D eigenvalue weighted by atomic mass is 35.5. The quantitative estimate of drug-likeness (QED) is 0.756. The van der Waals surface area contributed by atoms with E-state index in [1.165, 1.54) is 6.92 Å². The van der Waals surface area contributed by atoms with Crippen molar-refractivity contribution in [3.63, 3.8) is 0 Å². The van der Waals surface area contributed by atoms with Crippen LogP contribution in [-0.4, -0.2) is 22.8 Å². The van der Waals surface area contributed by atoms with Gasteiger partial charge in [0.25, 0.3) is 5.91 Å². The van der Waals surface area contributed by atoms with Crippen LogP contribution < -0.4 is 10.1 Å². The summed E-state index contributed by atoms with van der Waals surface area (Å²) in [5.41, 5.74) is -1.08. The largest absolute Gasteiger partial charge is 0.478 e. The SMILES string of the molecule is CC(O)NC(=O)C(C)(C)Oc1ccc(Sc2ccc(Cl)cc2)cc1. The van der Waals surface area contributed by atoms with Crippen LogP contribution in [0.3, 0.4) is 0 Å². The summed E-state index contributed by atoms with van der Waals surface area (Å²) in [4.78, 5) is 14.1. The van der Waals surface area contributed by atoms with Crippen molar-refractivity contribution in [2.24, 2.45) is 0 Å². The summed E-state index contributed by atoms with van der Waals surface area (Å²) < 4.78 is 5.74. The van der Waals surface area contributed by atoms with Crippen LogP contribution in [0, 0.1) is 0 Å². The molecule has 0 saturated heterocycles. The molecule has 2 aromatic rings. The first-order chi connectivity index (χ1) is 11.3. The van der Waals surface area contributed by atoms with E-state index in [2.05, 4.69) is 5.32 Å². The van der Waals surface area contributed by atoms with Crippen LogP contribution in [0.2, 0.25) is 5.02 Å². The Bertz CT molecular complexity index is 684. The minimum absolute atomic E-state index is 0.378. The Kier molecular flexibility index (Phi) is 6.15. The van der Waals surface area contributed by atoms with Gasteiger partial charge in [0.05, 0.1) is 0 Å². The standard InChI is InChI=1S/C18H20ClNO3S/c1-12(21)20-17(22)18(2,3)23-14-6-10-16(11-7-14)24-15-8-4-13(19)5-9-15/h4-12,21H,1-3H3,(H,20,22). The Labute approximate surface area is 151 Å². The van der Waals surface area contributed by atoms with E-state index in [9.17, 15) is 9.90 Å². The number of nitrogens with one attached hydrogen (secondary N) is 1. The van der Waals surface area contributed by atoms with Gasteiger partial charge in [0.15, 0.2) is 5.60 Å². The van der Waals surface area contributed by atoms with Gasteiger partial charge < -0.3 is 15.2 Å². The maximum atomic E-state index is 12.0. The van der Waals surface area contributed by atoms with Crippen LogP contribution in [0.1, 0.15) is 20.8 Å². The number of halogens is 1. The lowest BCUT2D eigenvalue weighted by Gasteiger charge is -2.26. The molecule has 0 aromatic heterocycles. The van der Waals surface area contributed by atoms with E-state index >= 15 is 0 Å². The molecular formula is C18H20ClNO3S. The Balaban J connectivity index is 2.01. The van der Waals surface area contributed by atoms with Gasteiger partial charge in [0.1, 0.15) is 12.0 Å². The monoisotopic (exact) mass is 365 g/mol. The average Bonchev–Trinajstić information content (AvgIpc) is 2.50. The minimum atomic E-state index is -1.08. The Morgan fingerprint density at radius 2 is 1.62 bits per heavy atom. The molecule has 1 amide bonds. The molecule has 0 bridgehead atoms. The summed E-state index contributed by atoms with van der Waals surface area (Å²) in [7, 11) is 0. The first kappa shape index (κ1) is 18.6. The molecule has 0 aliphatic rings. The minimum Gasteiger partial charge on any atom is -0.478 e. The van der Waals surface area contributed by atoms with Gasteiger partial charge in [0.2, 0.25) is 0 Å². The number of benzene rings is 2. The Morgan fingerprint density at radius 1 is 1.12 bits per heavy atom. The normalized spacial score (nSPS) is 12.5. The van der Waals surface area contributed by atoms with Crippen molar-refractivity contribution >= 4 is 29.3 Å². The predicted octanol–water partition coefficient (Wildman–Crippen LogP) is 4.10. The molecule has 4 nitrogen and oxygen atoms in total. The molecule has 0 aliphatic heterocycles. The highest BCUT2D eigenvalue weighted by Crippen LogP contribution is 2.30. The zero-order chi connectivity index (χ0) is 17.7. The van der Waals surface area contributed by atoms with E-state index in [1.54, 1.807) is 25.6 Å². The molecular weight excluding hydrogens is 346 g/mol. The zero-order valence-electron chi connectivity index (χ0n) is 13.7. The van der Waals surface area contributed by atoms with E-state index in [-0.39, 0.29) is 5.91 Å². The topological polar surface area (TPSA) is 58.6 Å². The van der Waals surface area contributed by atoms with E-state index in [4.69, 9.17) is 16.3 Å². The predicted molar refractivity (Wildman–Crippen MR) is 96.5 cm³/mol. The van der Waals surface area contributed by atoms with Crippen LogP contribution in [0.5, 0.6) is 5.75 Å². The molecule has 0 saturated carbocycles. The molecule has 1 unspecified atom stereocenters. The summed E-state index contributed by atoms with van der Waals surface area (Å²) >= 11 is 7.49. The highest BCUT2D eigenvalue weighted by molar-refractivity contribution is 7.99. The van der Waals surface area contributed by atoms with Crippen LogP contribution in [0.4, 0.5) is 0 Å². The number of aliphatic hydroxyl groups is 1. The van der Waals surface area contributed by atoms with Crippen LogP contribution in [-0.2, 0) is 4.79 Å². The molecule has 2 N–H and O–H groups in total. The highest BCUT2D eigenvalue weighted by Gasteiger charge is 2.30. The number of amides is 1. The number of hydrogen-bond acceptors (Lipinski definition) is 4. The van der Waals surface area contributed by atoms with Gasteiger partial charge in [-0.25, -0.2) is 0 Å². The van der Waals surface area contributed by atoms with E-state index in [0.29, 0.717) is 10.8 Å². The van der Waals surface area contributed by atoms with Crippen LogP contribution >= 0.6 is 23.4 Å². The lowest BCUT2D eigenvalue weighted by molar-refractivity contribution is -0.137. The number of hydrogen-bond donors (Lipinski definition) is 2. The van der Waals surface area contributed by atoms with Crippen molar-refractivity contribution in [1.82, 2.24) is 5.32 Å². The van der Waals surface area contributed by atoms with E-state index < -0.39 is 11.8 Å². The molecule has 24 heavy (non-hydrogen) atoms. The molecule has 0 radical (unpaired) electrons. The van der Waals surface area contributed by atoms with Crippen molar-refractivity contribution < 1.29 is 14.6 Å². The third kappa shape index (κ3) is 5.44. The second kappa shape index (κ2) is 7.92. The van der Waals surface area contributed by atoms with Crippen LogP contribution in [0.15, 0.2) is 58.3 Å². The smallest absolute Gasteiger partial charge is 0.265 e. The van der Waals surface area contributed by atoms with Gasteiger partial charge in [0, 0.05) is 14.8 Å². The second-order valence-electron chi connectivity index (χ2n) is 5.79. The number of rotatable bonds is 6. The Hall–Kier alpha value is -1.69. The Morgan fingerprint density at radius 3 is 2.12 bits per heavy atom. The fourth-order valence-electron chi connectivity index (χ4n) is 1.92. The number of carbonyl (C=O) groups excluding carboxylic acids is 1. The molecule has 0 spiro atoms. The summed E-state index contributed by atoms with van der Waals surface area (Å²) in [5, 5.41) is 12.4. The molecule has 0 fully saturated rings. The van der Waals surface area contributed by atoms with Gasteiger partial charge >= 0.3 is 0 Å². The third-order valence-corrected chi connectivity index (χ3v) is 4.40. The number of ether oxygens (including phenoxy) is 1. The maximum absolute atomic E-state index is 12.0. The van der Waals surface area contributed by atoms with Gasteiger partial charge in [-0.15, -0.1) is 0 Å². The van der Waals surface area contributed by atoms with Crippen molar-refractivity contribution in [1.29, 1.82) is 0 Å². The van der Waals surface area contributed by atoms with Gasteiger partial charge in [-0.1, -0.05) is 23.4 Å². The van der Waals surface area contributed by atoms with E-state index in [1.807, 2.05) is 48.5 Å². The fourth-order valence-corrected chi connectivity index (χ4v) is 2.86.